The van der Waals surface area contributed by atoms with Crippen LogP contribution in [0.1, 0.15) is 25.3 Å². The van der Waals surface area contributed by atoms with Crippen molar-refractivity contribution >= 4 is 0 Å². The quantitative estimate of drug-likeness (QED) is 0.897. The van der Waals surface area contributed by atoms with E-state index in [0.717, 1.165) is 12.2 Å². The van der Waals surface area contributed by atoms with Crippen LogP contribution in [-0.2, 0) is 0 Å². The van der Waals surface area contributed by atoms with Gasteiger partial charge >= 0.3 is 0 Å². The predicted octanol–water partition coefficient (Wildman–Crippen LogP) is 2.57. The summed E-state index contributed by atoms with van der Waals surface area (Å²) in [5.41, 5.74) is 8.55. The van der Waals surface area contributed by atoms with E-state index in [-0.39, 0.29) is 0 Å². The molecule has 18 heavy (non-hydrogen) atoms. The van der Waals surface area contributed by atoms with Gasteiger partial charge in [0.15, 0.2) is 0 Å². The summed E-state index contributed by atoms with van der Waals surface area (Å²) in [6.45, 7) is 5.33. The van der Waals surface area contributed by atoms with E-state index in [1.54, 1.807) is 0 Å². The van der Waals surface area contributed by atoms with Gasteiger partial charge in [-0.05, 0) is 41.5 Å². The second-order valence-corrected chi connectivity index (χ2v) is 5.70. The fourth-order valence-electron chi connectivity index (χ4n) is 3.07. The monoisotopic (exact) mass is 241 g/mol. The van der Waals surface area contributed by atoms with Crippen LogP contribution in [0.5, 0.6) is 0 Å². The molecule has 2 aromatic rings. The molecule has 3 rings (SSSR count). The van der Waals surface area contributed by atoms with Gasteiger partial charge in [0.25, 0.3) is 0 Å². The highest BCUT2D eigenvalue weighted by atomic mass is 15.3. The number of hydrogen-bond acceptors (Lipinski definition) is 2. The first-order valence-electron chi connectivity index (χ1n) is 6.44. The summed E-state index contributed by atoms with van der Waals surface area (Å²) in [7, 11) is 0. The Morgan fingerprint density at radius 2 is 2.00 bits per heavy atom. The van der Waals surface area contributed by atoms with Gasteiger partial charge in [-0.1, -0.05) is 32.0 Å². The molecule has 1 aliphatic carbocycles. The van der Waals surface area contributed by atoms with Crippen LogP contribution in [0.3, 0.4) is 0 Å². The number of nitrogens with zero attached hydrogens (tertiary/aromatic N) is 2. The van der Waals surface area contributed by atoms with Gasteiger partial charge in [-0.25, -0.2) is 4.68 Å². The molecule has 0 saturated heterocycles. The lowest BCUT2D eigenvalue weighted by Crippen LogP contribution is -2.05. The lowest BCUT2D eigenvalue weighted by Gasteiger charge is -2.00. The molecule has 1 saturated carbocycles. The van der Waals surface area contributed by atoms with E-state index >= 15 is 0 Å². The van der Waals surface area contributed by atoms with Crippen LogP contribution in [0, 0.1) is 11.3 Å². The molecule has 1 heterocycles. The van der Waals surface area contributed by atoms with Crippen LogP contribution >= 0.6 is 0 Å². The Balaban J connectivity index is 1.88. The smallest absolute Gasteiger partial charge is 0.0645 e. The third-order valence-electron chi connectivity index (χ3n) is 4.29. The summed E-state index contributed by atoms with van der Waals surface area (Å²) < 4.78 is 1.94. The van der Waals surface area contributed by atoms with Crippen LogP contribution in [0.15, 0.2) is 42.7 Å². The van der Waals surface area contributed by atoms with Gasteiger partial charge in [-0.3, -0.25) is 0 Å². The lowest BCUT2D eigenvalue weighted by molar-refractivity contribution is 0.558. The summed E-state index contributed by atoms with van der Waals surface area (Å²) >= 11 is 0. The van der Waals surface area contributed by atoms with Crippen LogP contribution in [0.25, 0.3) is 5.69 Å². The maximum Gasteiger partial charge on any atom is 0.0645 e. The average Bonchev–Trinajstić information content (AvgIpc) is 2.77. The minimum Gasteiger partial charge on any atom is -0.330 e. The van der Waals surface area contributed by atoms with Crippen molar-refractivity contribution in [1.82, 2.24) is 9.78 Å². The number of rotatable bonds is 3. The van der Waals surface area contributed by atoms with Crippen molar-refractivity contribution in [2.45, 2.75) is 19.8 Å². The molecule has 94 valence electrons. The van der Waals surface area contributed by atoms with E-state index in [4.69, 9.17) is 5.73 Å². The second-order valence-electron chi connectivity index (χ2n) is 5.70. The van der Waals surface area contributed by atoms with Crippen molar-refractivity contribution in [3.05, 3.63) is 48.3 Å². The summed E-state index contributed by atoms with van der Waals surface area (Å²) in [6.07, 6.45) is 4.12. The van der Waals surface area contributed by atoms with E-state index in [0.29, 0.717) is 17.3 Å². The minimum atomic E-state index is 0.319. The molecule has 2 unspecified atom stereocenters. The zero-order chi connectivity index (χ0) is 12.8. The third-order valence-corrected chi connectivity index (χ3v) is 4.29. The second kappa shape index (κ2) is 3.95. The predicted molar refractivity (Wildman–Crippen MR) is 72.6 cm³/mol. The molecule has 0 spiro atoms. The van der Waals surface area contributed by atoms with Crippen LogP contribution in [0.4, 0.5) is 0 Å². The molecule has 2 N–H and O–H groups in total. The first-order chi connectivity index (χ1) is 8.64. The Bertz CT molecular complexity index is 542. The van der Waals surface area contributed by atoms with Crippen LogP contribution in [0.2, 0.25) is 0 Å². The molecule has 0 aliphatic heterocycles. The molecule has 1 aromatic carbocycles. The van der Waals surface area contributed by atoms with Gasteiger partial charge in [0.1, 0.15) is 0 Å². The topological polar surface area (TPSA) is 43.8 Å². The summed E-state index contributed by atoms with van der Waals surface area (Å²) in [4.78, 5) is 0. The Kier molecular flexibility index (Phi) is 2.52. The molecule has 1 aromatic heterocycles. The van der Waals surface area contributed by atoms with Crippen molar-refractivity contribution in [3.8, 4) is 5.69 Å². The maximum atomic E-state index is 5.83. The number of para-hydroxylation sites is 1. The Morgan fingerprint density at radius 3 is 2.61 bits per heavy atom. The molecule has 0 bridgehead atoms. The highest BCUT2D eigenvalue weighted by Gasteiger charge is 2.57. The largest absolute Gasteiger partial charge is 0.330 e. The van der Waals surface area contributed by atoms with Crippen molar-refractivity contribution in [1.29, 1.82) is 0 Å². The van der Waals surface area contributed by atoms with E-state index in [9.17, 15) is 0 Å². The molecule has 1 aliphatic rings. The van der Waals surface area contributed by atoms with Gasteiger partial charge in [-0.15, -0.1) is 0 Å². The molecular formula is C15H19N3. The molecule has 0 radical (unpaired) electrons. The zero-order valence-corrected chi connectivity index (χ0v) is 10.9. The molecule has 3 heteroatoms. The summed E-state index contributed by atoms with van der Waals surface area (Å²) in [5.74, 6) is 1.14. The number of hydrogen-bond donors (Lipinski definition) is 1. The van der Waals surface area contributed by atoms with Gasteiger partial charge < -0.3 is 5.73 Å². The van der Waals surface area contributed by atoms with E-state index in [1.165, 1.54) is 5.56 Å². The fourth-order valence-corrected chi connectivity index (χ4v) is 3.07. The first-order valence-corrected chi connectivity index (χ1v) is 6.44. The van der Waals surface area contributed by atoms with Gasteiger partial charge in [-0.2, -0.15) is 5.10 Å². The Hall–Kier alpha value is -1.61. The Morgan fingerprint density at radius 1 is 1.28 bits per heavy atom. The zero-order valence-electron chi connectivity index (χ0n) is 10.9. The number of benzene rings is 1. The lowest BCUT2D eigenvalue weighted by atomic mass is 10.1. The number of aromatic nitrogens is 2. The Labute approximate surface area is 108 Å². The number of nitrogens with two attached hydrogens (primary N) is 1. The van der Waals surface area contributed by atoms with Gasteiger partial charge in [0.05, 0.1) is 11.9 Å². The van der Waals surface area contributed by atoms with E-state index in [1.807, 2.05) is 29.1 Å². The highest BCUT2D eigenvalue weighted by molar-refractivity contribution is 5.34. The average molecular weight is 241 g/mol. The van der Waals surface area contributed by atoms with Crippen molar-refractivity contribution in [2.24, 2.45) is 17.1 Å². The standard InChI is InChI=1S/C15H19N3/c1-15(2)13(8-16)14(15)11-9-17-18(10-11)12-6-4-3-5-7-12/h3-7,9-10,13-14H,8,16H2,1-2H3. The van der Waals surface area contributed by atoms with Gasteiger partial charge in [0, 0.05) is 6.20 Å². The molecule has 0 amide bonds. The molecule has 2 atom stereocenters. The van der Waals surface area contributed by atoms with E-state index < -0.39 is 0 Å². The maximum absolute atomic E-state index is 5.83. The van der Waals surface area contributed by atoms with Crippen LogP contribution < -0.4 is 5.73 Å². The fraction of sp³-hybridized carbons (Fsp3) is 0.400. The summed E-state index contributed by atoms with van der Waals surface area (Å²) in [6, 6.07) is 10.2. The normalized spacial score (nSPS) is 25.1. The highest BCUT2D eigenvalue weighted by Crippen LogP contribution is 2.63. The molecular weight excluding hydrogens is 222 g/mol. The molecule has 1 fully saturated rings. The van der Waals surface area contributed by atoms with Crippen LogP contribution in [-0.4, -0.2) is 16.3 Å². The van der Waals surface area contributed by atoms with E-state index in [2.05, 4.69) is 37.3 Å². The summed E-state index contributed by atoms with van der Waals surface area (Å²) in [5, 5.41) is 4.46. The first kappa shape index (κ1) is 11.5. The minimum absolute atomic E-state index is 0.319. The third kappa shape index (κ3) is 1.66. The van der Waals surface area contributed by atoms with Crippen molar-refractivity contribution < 1.29 is 0 Å². The SMILES string of the molecule is CC1(C)C(CN)C1c1cnn(-c2ccccc2)c1. The van der Waals surface area contributed by atoms with Gasteiger partial charge in [0.2, 0.25) is 0 Å². The van der Waals surface area contributed by atoms with Crippen molar-refractivity contribution in [3.63, 3.8) is 0 Å². The molecule has 3 nitrogen and oxygen atoms in total. The van der Waals surface area contributed by atoms with Crippen molar-refractivity contribution in [2.75, 3.05) is 6.54 Å².